The van der Waals surface area contributed by atoms with Crippen LogP contribution >= 0.6 is 0 Å². The molecule has 1 atom stereocenters. The molecule has 0 unspecified atom stereocenters. The van der Waals surface area contributed by atoms with Gasteiger partial charge in [-0.3, -0.25) is 0 Å². The molecule has 0 fully saturated rings. The second kappa shape index (κ2) is 3.00. The van der Waals surface area contributed by atoms with E-state index in [1.807, 2.05) is 20.8 Å². The van der Waals surface area contributed by atoms with Crippen LogP contribution in [0.5, 0.6) is 0 Å². The van der Waals surface area contributed by atoms with E-state index in [1.165, 1.54) is 0 Å². The molecular weight excluding hydrogens is 142 g/mol. The monoisotopic (exact) mass is 155 g/mol. The van der Waals surface area contributed by atoms with E-state index in [4.69, 9.17) is 10.2 Å². The molecule has 11 heavy (non-hydrogen) atoms. The predicted octanol–water partition coefficient (Wildman–Crippen LogP) is 1.21. The Hall–Kier alpha value is -0.900. The fourth-order valence-electron chi connectivity index (χ4n) is 0.664. The molecule has 4 nitrogen and oxygen atoms in total. The first kappa shape index (κ1) is 8.20. The Balaban J connectivity index is 2.82. The average molecular weight is 155 g/mol. The van der Waals surface area contributed by atoms with E-state index in [0.717, 1.165) is 0 Å². The largest absolute Gasteiger partial charge is 0.423 e. The molecule has 0 aliphatic rings. The van der Waals surface area contributed by atoms with Crippen LogP contribution < -0.4 is 5.73 Å². The zero-order valence-electron chi connectivity index (χ0n) is 7.03. The fraction of sp³-hybridized carbons (Fsp3) is 0.714. The highest BCUT2D eigenvalue weighted by Crippen LogP contribution is 2.14. The first-order valence-corrected chi connectivity index (χ1v) is 3.70. The summed E-state index contributed by atoms with van der Waals surface area (Å²) in [7, 11) is 0. The minimum atomic E-state index is -0.171. The van der Waals surface area contributed by atoms with E-state index < -0.39 is 0 Å². The fourth-order valence-corrected chi connectivity index (χ4v) is 0.664. The van der Waals surface area contributed by atoms with Crippen molar-refractivity contribution in [1.29, 1.82) is 0 Å². The zero-order chi connectivity index (χ0) is 8.43. The number of rotatable bonds is 2. The third-order valence-electron chi connectivity index (χ3n) is 1.34. The molecule has 0 aliphatic heterocycles. The molecule has 1 rings (SSSR count). The summed E-state index contributed by atoms with van der Waals surface area (Å²) in [5.41, 5.74) is 5.53. The minimum absolute atomic E-state index is 0.171. The van der Waals surface area contributed by atoms with Gasteiger partial charge < -0.3 is 10.2 Å². The number of aromatic nitrogens is 2. The highest BCUT2D eigenvalue weighted by atomic mass is 16.4. The Bertz CT molecular complexity index is 207. The Morgan fingerprint density at radius 1 is 1.18 bits per heavy atom. The SMILES string of the molecule is CC(C)c1nnc([C@H](C)N)o1. The van der Waals surface area contributed by atoms with E-state index in [-0.39, 0.29) is 12.0 Å². The number of nitrogens with zero attached hydrogens (tertiary/aromatic N) is 2. The van der Waals surface area contributed by atoms with Crippen LogP contribution in [0.4, 0.5) is 0 Å². The second-order valence-electron chi connectivity index (χ2n) is 2.92. The maximum absolute atomic E-state index is 5.53. The van der Waals surface area contributed by atoms with Gasteiger partial charge in [-0.2, -0.15) is 0 Å². The maximum atomic E-state index is 5.53. The van der Waals surface area contributed by atoms with Crippen LogP contribution in [-0.4, -0.2) is 10.2 Å². The Morgan fingerprint density at radius 3 is 2.00 bits per heavy atom. The highest BCUT2D eigenvalue weighted by molar-refractivity contribution is 4.89. The first-order valence-electron chi connectivity index (χ1n) is 3.70. The summed E-state index contributed by atoms with van der Waals surface area (Å²) in [5.74, 6) is 1.43. The van der Waals surface area contributed by atoms with Gasteiger partial charge in [0.25, 0.3) is 0 Å². The summed E-state index contributed by atoms with van der Waals surface area (Å²) < 4.78 is 5.26. The molecule has 0 spiro atoms. The van der Waals surface area contributed by atoms with Crippen LogP contribution in [0.25, 0.3) is 0 Å². The lowest BCUT2D eigenvalue weighted by molar-refractivity contribution is 0.412. The van der Waals surface area contributed by atoms with Gasteiger partial charge in [-0.1, -0.05) is 13.8 Å². The molecule has 0 amide bonds. The first-order chi connectivity index (χ1) is 5.11. The van der Waals surface area contributed by atoms with Crippen LogP contribution in [0.15, 0.2) is 4.42 Å². The maximum Gasteiger partial charge on any atom is 0.232 e. The molecule has 1 aromatic heterocycles. The summed E-state index contributed by atoms with van der Waals surface area (Å²) in [6.45, 7) is 5.81. The van der Waals surface area contributed by atoms with Gasteiger partial charge in [0.1, 0.15) is 0 Å². The summed E-state index contributed by atoms with van der Waals surface area (Å²) in [5, 5.41) is 7.64. The van der Waals surface area contributed by atoms with E-state index in [1.54, 1.807) is 0 Å². The molecule has 1 aromatic rings. The van der Waals surface area contributed by atoms with Gasteiger partial charge in [-0.25, -0.2) is 0 Å². The van der Waals surface area contributed by atoms with Crippen LogP contribution in [0.3, 0.4) is 0 Å². The minimum Gasteiger partial charge on any atom is -0.423 e. The Kier molecular flexibility index (Phi) is 2.24. The molecule has 0 saturated heterocycles. The average Bonchev–Trinajstić information content (AvgIpc) is 2.33. The highest BCUT2D eigenvalue weighted by Gasteiger charge is 2.11. The van der Waals surface area contributed by atoms with Crippen molar-refractivity contribution in [2.45, 2.75) is 32.7 Å². The number of hydrogen-bond acceptors (Lipinski definition) is 4. The van der Waals surface area contributed by atoms with Crippen molar-refractivity contribution in [2.75, 3.05) is 0 Å². The van der Waals surface area contributed by atoms with Gasteiger partial charge in [-0.15, -0.1) is 10.2 Å². The van der Waals surface area contributed by atoms with Crippen molar-refractivity contribution in [1.82, 2.24) is 10.2 Å². The molecule has 2 N–H and O–H groups in total. The number of hydrogen-bond donors (Lipinski definition) is 1. The summed E-state index contributed by atoms with van der Waals surface area (Å²) in [6.07, 6.45) is 0. The van der Waals surface area contributed by atoms with Crippen molar-refractivity contribution in [3.63, 3.8) is 0 Å². The lowest BCUT2D eigenvalue weighted by atomic mass is 10.2. The molecule has 0 aromatic carbocycles. The third kappa shape index (κ3) is 1.77. The summed E-state index contributed by atoms with van der Waals surface area (Å²) in [4.78, 5) is 0. The van der Waals surface area contributed by atoms with Gasteiger partial charge in [0, 0.05) is 5.92 Å². The standard InChI is InChI=1S/C7H13N3O/c1-4(2)6-9-10-7(11-6)5(3)8/h4-5H,8H2,1-3H3/t5-/m0/s1. The van der Waals surface area contributed by atoms with Gasteiger partial charge in [0.15, 0.2) is 0 Å². The van der Waals surface area contributed by atoms with Crippen molar-refractivity contribution in [2.24, 2.45) is 5.73 Å². The molecule has 1 heterocycles. The summed E-state index contributed by atoms with van der Waals surface area (Å²) in [6, 6.07) is -0.171. The molecule has 62 valence electrons. The molecule has 0 saturated carbocycles. The molecule has 4 heteroatoms. The van der Waals surface area contributed by atoms with Gasteiger partial charge >= 0.3 is 0 Å². The van der Waals surface area contributed by atoms with Crippen LogP contribution in [0.2, 0.25) is 0 Å². The van der Waals surface area contributed by atoms with E-state index >= 15 is 0 Å². The third-order valence-corrected chi connectivity index (χ3v) is 1.34. The van der Waals surface area contributed by atoms with E-state index in [2.05, 4.69) is 10.2 Å². The van der Waals surface area contributed by atoms with Crippen LogP contribution in [-0.2, 0) is 0 Å². The topological polar surface area (TPSA) is 64.9 Å². The smallest absolute Gasteiger partial charge is 0.232 e. The molecular formula is C7H13N3O. The second-order valence-corrected chi connectivity index (χ2v) is 2.92. The quantitative estimate of drug-likeness (QED) is 0.697. The van der Waals surface area contributed by atoms with Gasteiger partial charge in [0.05, 0.1) is 6.04 Å². The zero-order valence-corrected chi connectivity index (χ0v) is 7.03. The lowest BCUT2D eigenvalue weighted by Gasteiger charge is -1.96. The predicted molar refractivity (Wildman–Crippen MR) is 41.0 cm³/mol. The Labute approximate surface area is 65.8 Å². The lowest BCUT2D eigenvalue weighted by Crippen LogP contribution is -2.04. The normalized spacial score (nSPS) is 13.9. The molecule has 0 bridgehead atoms. The Morgan fingerprint density at radius 2 is 1.73 bits per heavy atom. The van der Waals surface area contributed by atoms with E-state index in [9.17, 15) is 0 Å². The van der Waals surface area contributed by atoms with Crippen molar-refractivity contribution in [3.8, 4) is 0 Å². The van der Waals surface area contributed by atoms with Crippen LogP contribution in [0.1, 0.15) is 44.5 Å². The van der Waals surface area contributed by atoms with Gasteiger partial charge in [-0.05, 0) is 6.92 Å². The van der Waals surface area contributed by atoms with Crippen molar-refractivity contribution < 1.29 is 4.42 Å². The summed E-state index contributed by atoms with van der Waals surface area (Å²) >= 11 is 0. The number of nitrogens with two attached hydrogens (primary N) is 1. The molecule has 0 radical (unpaired) electrons. The van der Waals surface area contributed by atoms with Crippen molar-refractivity contribution >= 4 is 0 Å². The molecule has 0 aliphatic carbocycles. The van der Waals surface area contributed by atoms with Gasteiger partial charge in [0.2, 0.25) is 11.8 Å². The van der Waals surface area contributed by atoms with E-state index in [0.29, 0.717) is 11.8 Å². The van der Waals surface area contributed by atoms with Crippen LogP contribution in [0, 0.1) is 0 Å². The van der Waals surface area contributed by atoms with Crippen molar-refractivity contribution in [3.05, 3.63) is 11.8 Å².